The second-order valence-corrected chi connectivity index (χ2v) is 6.25. The van der Waals surface area contributed by atoms with Crippen molar-refractivity contribution in [2.24, 2.45) is 0 Å². The van der Waals surface area contributed by atoms with E-state index in [0.29, 0.717) is 17.6 Å². The summed E-state index contributed by atoms with van der Waals surface area (Å²) in [6, 6.07) is 4.08. The van der Waals surface area contributed by atoms with E-state index in [1.54, 1.807) is 23.0 Å². The molecule has 0 aliphatic rings. The van der Waals surface area contributed by atoms with E-state index in [4.69, 9.17) is 5.10 Å². The summed E-state index contributed by atoms with van der Waals surface area (Å²) in [7, 11) is 0. The fourth-order valence-electron chi connectivity index (χ4n) is 2.60. The van der Waals surface area contributed by atoms with Crippen LogP contribution in [0.1, 0.15) is 52.3 Å². The van der Waals surface area contributed by atoms with Crippen molar-refractivity contribution in [2.45, 2.75) is 52.5 Å². The zero-order chi connectivity index (χ0) is 17.8. The summed E-state index contributed by atoms with van der Waals surface area (Å²) in [6.07, 6.45) is 5.45. The Kier molecular flexibility index (Phi) is 5.06. The molecular formula is C17H24N8. The lowest BCUT2D eigenvalue weighted by atomic mass is 10.2. The number of hydrogen-bond donors (Lipinski definition) is 2. The van der Waals surface area contributed by atoms with E-state index in [1.807, 2.05) is 6.07 Å². The molecule has 0 atom stereocenters. The number of nitrogens with one attached hydrogen (secondary N) is 2. The van der Waals surface area contributed by atoms with Crippen LogP contribution in [-0.4, -0.2) is 35.8 Å². The van der Waals surface area contributed by atoms with Crippen molar-refractivity contribution in [3.05, 3.63) is 30.4 Å². The van der Waals surface area contributed by atoms with E-state index in [2.05, 4.69) is 58.5 Å². The molecule has 2 N–H and O–H groups in total. The van der Waals surface area contributed by atoms with Crippen molar-refractivity contribution in [3.63, 3.8) is 0 Å². The monoisotopic (exact) mass is 340 g/mol. The summed E-state index contributed by atoms with van der Waals surface area (Å²) in [5.74, 6) is 2.33. The average molecular weight is 340 g/mol. The molecule has 0 aliphatic carbocycles. The standard InChI is InChI=1S/C17H24N8/c1-5-12(6-2)20-14-10-13(21-17-18-8-7-9-19-17)16-23-22-15(11(3)4)25(16)24-14/h7-12H,5-6H2,1-4H3,(H,20,24)(H,18,19,21). The van der Waals surface area contributed by atoms with Gasteiger partial charge in [-0.25, -0.2) is 9.97 Å². The fourth-order valence-corrected chi connectivity index (χ4v) is 2.60. The molecule has 0 spiro atoms. The molecule has 3 heterocycles. The lowest BCUT2D eigenvalue weighted by molar-refractivity contribution is 0.661. The Hall–Kier alpha value is -2.77. The second kappa shape index (κ2) is 7.42. The van der Waals surface area contributed by atoms with Crippen LogP contribution >= 0.6 is 0 Å². The van der Waals surface area contributed by atoms with Gasteiger partial charge in [-0.3, -0.25) is 0 Å². The zero-order valence-electron chi connectivity index (χ0n) is 15.1. The van der Waals surface area contributed by atoms with E-state index in [-0.39, 0.29) is 5.92 Å². The summed E-state index contributed by atoms with van der Waals surface area (Å²) in [6.45, 7) is 8.48. The molecule has 0 saturated heterocycles. The smallest absolute Gasteiger partial charge is 0.227 e. The number of nitrogens with zero attached hydrogens (tertiary/aromatic N) is 6. The molecule has 0 bridgehead atoms. The molecule has 0 saturated carbocycles. The third-order valence-corrected chi connectivity index (χ3v) is 4.06. The third-order valence-electron chi connectivity index (χ3n) is 4.06. The van der Waals surface area contributed by atoms with Gasteiger partial charge in [-0.2, -0.15) is 4.52 Å². The van der Waals surface area contributed by atoms with Gasteiger partial charge in [-0.05, 0) is 18.9 Å². The number of hydrogen-bond acceptors (Lipinski definition) is 7. The van der Waals surface area contributed by atoms with Crippen LogP contribution in [0.5, 0.6) is 0 Å². The molecule has 0 aliphatic heterocycles. The molecule has 8 nitrogen and oxygen atoms in total. The van der Waals surface area contributed by atoms with Gasteiger partial charge in [0, 0.05) is 30.4 Å². The van der Waals surface area contributed by atoms with Crippen LogP contribution < -0.4 is 10.6 Å². The largest absolute Gasteiger partial charge is 0.366 e. The highest BCUT2D eigenvalue weighted by atomic mass is 15.4. The number of aromatic nitrogens is 6. The minimum atomic E-state index is 0.215. The van der Waals surface area contributed by atoms with Gasteiger partial charge in [0.15, 0.2) is 5.82 Å². The van der Waals surface area contributed by atoms with Crippen molar-refractivity contribution < 1.29 is 0 Å². The van der Waals surface area contributed by atoms with Crippen LogP contribution in [-0.2, 0) is 0 Å². The quantitative estimate of drug-likeness (QED) is 0.681. The Morgan fingerprint density at radius 2 is 1.80 bits per heavy atom. The molecule has 25 heavy (non-hydrogen) atoms. The minimum absolute atomic E-state index is 0.215. The molecule has 0 amide bonds. The molecular weight excluding hydrogens is 316 g/mol. The maximum absolute atomic E-state index is 4.69. The molecule has 0 fully saturated rings. The predicted octanol–water partition coefficient (Wildman–Crippen LogP) is 3.38. The van der Waals surface area contributed by atoms with Gasteiger partial charge in [0.25, 0.3) is 0 Å². The second-order valence-electron chi connectivity index (χ2n) is 6.25. The van der Waals surface area contributed by atoms with Gasteiger partial charge in [-0.1, -0.05) is 27.7 Å². The van der Waals surface area contributed by atoms with Crippen molar-refractivity contribution >= 4 is 23.1 Å². The molecule has 0 unspecified atom stereocenters. The first-order valence-corrected chi connectivity index (χ1v) is 8.69. The zero-order valence-corrected chi connectivity index (χ0v) is 15.1. The van der Waals surface area contributed by atoms with Crippen molar-refractivity contribution in [1.82, 2.24) is 29.8 Å². The summed E-state index contributed by atoms with van der Waals surface area (Å²) in [4.78, 5) is 8.45. The first-order chi connectivity index (χ1) is 12.1. The van der Waals surface area contributed by atoms with Crippen LogP contribution in [0.2, 0.25) is 0 Å². The van der Waals surface area contributed by atoms with Crippen molar-refractivity contribution in [3.8, 4) is 0 Å². The molecule has 3 aromatic rings. The lowest BCUT2D eigenvalue weighted by Gasteiger charge is -2.17. The SMILES string of the molecule is CCC(CC)Nc1cc(Nc2ncccn2)c2nnc(C(C)C)n2n1. The predicted molar refractivity (Wildman–Crippen MR) is 98.2 cm³/mol. The highest BCUT2D eigenvalue weighted by Crippen LogP contribution is 2.24. The van der Waals surface area contributed by atoms with Gasteiger partial charge in [-0.15, -0.1) is 15.3 Å². The van der Waals surface area contributed by atoms with Crippen molar-refractivity contribution in [1.29, 1.82) is 0 Å². The van der Waals surface area contributed by atoms with E-state index in [0.717, 1.165) is 30.2 Å². The van der Waals surface area contributed by atoms with Crippen LogP contribution in [0.3, 0.4) is 0 Å². The highest BCUT2D eigenvalue weighted by molar-refractivity contribution is 5.73. The van der Waals surface area contributed by atoms with Crippen LogP contribution in [0.25, 0.3) is 5.65 Å². The van der Waals surface area contributed by atoms with Gasteiger partial charge < -0.3 is 10.6 Å². The van der Waals surface area contributed by atoms with Gasteiger partial charge in [0.05, 0.1) is 5.69 Å². The van der Waals surface area contributed by atoms with E-state index >= 15 is 0 Å². The minimum Gasteiger partial charge on any atom is -0.366 e. The molecule has 0 aromatic carbocycles. The molecule has 8 heteroatoms. The number of anilines is 3. The van der Waals surface area contributed by atoms with Gasteiger partial charge in [0.1, 0.15) is 5.82 Å². The summed E-state index contributed by atoms with van der Waals surface area (Å²) in [5.41, 5.74) is 1.43. The Morgan fingerprint density at radius 1 is 1.08 bits per heavy atom. The van der Waals surface area contributed by atoms with Crippen LogP contribution in [0.15, 0.2) is 24.5 Å². The summed E-state index contributed by atoms with van der Waals surface area (Å²) >= 11 is 0. The van der Waals surface area contributed by atoms with E-state index in [9.17, 15) is 0 Å². The first-order valence-electron chi connectivity index (χ1n) is 8.69. The topological polar surface area (TPSA) is 92.9 Å². The fraction of sp³-hybridized carbons (Fsp3) is 0.471. The lowest BCUT2D eigenvalue weighted by Crippen LogP contribution is -2.19. The molecule has 3 rings (SSSR count). The average Bonchev–Trinajstić information content (AvgIpc) is 3.05. The Labute approximate surface area is 147 Å². The Morgan fingerprint density at radius 3 is 2.44 bits per heavy atom. The molecule has 3 aromatic heterocycles. The third kappa shape index (κ3) is 3.67. The Balaban J connectivity index is 2.06. The van der Waals surface area contributed by atoms with Gasteiger partial charge in [0.2, 0.25) is 11.6 Å². The Bertz CT molecular complexity index is 823. The summed E-state index contributed by atoms with van der Waals surface area (Å²) in [5, 5.41) is 20.0. The highest BCUT2D eigenvalue weighted by Gasteiger charge is 2.17. The maximum atomic E-state index is 4.69. The molecule has 132 valence electrons. The first kappa shape index (κ1) is 17.1. The maximum Gasteiger partial charge on any atom is 0.227 e. The van der Waals surface area contributed by atoms with Crippen molar-refractivity contribution in [2.75, 3.05) is 10.6 Å². The van der Waals surface area contributed by atoms with E-state index < -0.39 is 0 Å². The van der Waals surface area contributed by atoms with E-state index in [1.165, 1.54) is 0 Å². The number of fused-ring (bicyclic) bond motifs is 1. The van der Waals surface area contributed by atoms with Crippen LogP contribution in [0, 0.1) is 0 Å². The normalized spacial score (nSPS) is 11.4. The molecule has 0 radical (unpaired) electrons. The summed E-state index contributed by atoms with van der Waals surface area (Å²) < 4.78 is 1.79. The number of rotatable bonds is 7. The van der Waals surface area contributed by atoms with Crippen LogP contribution in [0.4, 0.5) is 17.5 Å². The van der Waals surface area contributed by atoms with Gasteiger partial charge >= 0.3 is 0 Å².